The van der Waals surface area contributed by atoms with Gasteiger partial charge < -0.3 is 76.1 Å². The first-order valence-electron chi connectivity index (χ1n) is 22.2. The van der Waals surface area contributed by atoms with Gasteiger partial charge in [-0.15, -0.1) is 5.10 Å². The maximum Gasteiger partial charge on any atom is 0.490 e. The van der Waals surface area contributed by atoms with E-state index in [1.165, 1.54) is 0 Å². The molecular weight excluding hydrogens is 1260 g/mol. The summed E-state index contributed by atoms with van der Waals surface area (Å²) in [6.07, 6.45) is -15.8. The van der Waals surface area contributed by atoms with E-state index in [-0.39, 0.29) is 64.1 Å². The molecule has 16 atom stereocenters. The monoisotopic (exact) mass is 1300 g/mol. The van der Waals surface area contributed by atoms with E-state index in [9.17, 15) is 77.6 Å². The van der Waals surface area contributed by atoms with Crippen LogP contribution in [0.1, 0.15) is 31.5 Å². The normalized spacial score (nSPS) is 28.2. The van der Waals surface area contributed by atoms with Gasteiger partial charge in [0, 0.05) is 22.7 Å². The molecule has 6 aromatic rings. The number of nitrogens with two attached hydrogens (primary N) is 3. The Balaban J connectivity index is 0.856. The number of imidazole rings is 2. The molecular formula is C29H38N22O26P6. The lowest BCUT2D eigenvalue weighted by Gasteiger charge is -2.25. The van der Waals surface area contributed by atoms with Gasteiger partial charge in [0.15, 0.2) is 63.4 Å². The highest BCUT2D eigenvalue weighted by molar-refractivity contribution is 7.67. The number of azide groups is 2. The molecule has 9 rings (SSSR count). The third-order valence-corrected chi connectivity index (χ3v) is 19.9. The molecule has 9 heterocycles. The summed E-state index contributed by atoms with van der Waals surface area (Å²) in [7, 11) is -37.1. The zero-order chi connectivity index (χ0) is 60.2. The number of aromatic nitrogens is 13. The van der Waals surface area contributed by atoms with E-state index in [0.29, 0.717) is 4.57 Å². The summed E-state index contributed by atoms with van der Waals surface area (Å²) in [5.41, 5.74) is 35.1. The number of aliphatic hydroxyl groups excluding tert-OH is 3. The molecule has 0 bridgehead atoms. The van der Waals surface area contributed by atoms with Gasteiger partial charge in [-0.25, -0.2) is 67.3 Å². The number of aliphatic hydroxyl groups is 3. The zero-order valence-electron chi connectivity index (χ0n) is 40.4. The maximum absolute atomic E-state index is 13.5. The van der Waals surface area contributed by atoms with Gasteiger partial charge in [-0.05, 0) is 21.3 Å². The quantitative estimate of drug-likeness (QED) is 0.0167. The van der Waals surface area contributed by atoms with Gasteiger partial charge in [-0.3, -0.25) is 27.2 Å². The SMILES string of the molecule is [N-]=[N+]=Nc1nc2c(N)ncnc2n1[C@@H]1O[C@H](COP(=O)(O)OP(=O)(O)OP(=O)(O)OC[C@H]2O[C@@H](n3nnc4c(N)ncnc43)C[C@@H]2O)[C@@H](OP(=O)(O)OP(=O)(O)OP(=O)(O)OC[C@H]2O[C@@H](n3c(N=[N+]=[N-])nc4c(N)ncnc43)C[C@@H]2O)[C@H]1O. The van der Waals surface area contributed by atoms with Crippen LogP contribution in [0.3, 0.4) is 0 Å². The molecule has 450 valence electrons. The number of nitrogens with zero attached hydrogens (tertiary/aromatic N) is 19. The van der Waals surface area contributed by atoms with Gasteiger partial charge in [0.05, 0.1) is 32.0 Å². The summed E-state index contributed by atoms with van der Waals surface area (Å²) in [5, 5.41) is 47.3. The molecule has 6 aromatic heterocycles. The van der Waals surface area contributed by atoms with E-state index in [2.05, 4.69) is 96.5 Å². The van der Waals surface area contributed by atoms with Crippen LogP contribution in [-0.2, 0) is 76.9 Å². The minimum atomic E-state index is -6.43. The summed E-state index contributed by atoms with van der Waals surface area (Å²) in [6, 6.07) is 0. The lowest BCUT2D eigenvalue weighted by Crippen LogP contribution is -2.36. The second-order valence-electron chi connectivity index (χ2n) is 16.8. The second-order valence-corrected chi connectivity index (χ2v) is 26.0. The fraction of sp³-hybridized carbons (Fsp3) is 0.517. The van der Waals surface area contributed by atoms with Crippen molar-refractivity contribution in [2.75, 3.05) is 37.0 Å². The Morgan fingerprint density at radius 3 is 1.49 bits per heavy atom. The van der Waals surface area contributed by atoms with Crippen molar-refractivity contribution in [1.29, 1.82) is 0 Å². The van der Waals surface area contributed by atoms with E-state index in [1.807, 2.05) is 0 Å². The van der Waals surface area contributed by atoms with Gasteiger partial charge in [-0.1, -0.05) is 5.21 Å². The van der Waals surface area contributed by atoms with Crippen LogP contribution in [0.2, 0.25) is 0 Å². The number of fused-ring (bicyclic) bond motifs is 3. The first kappa shape index (κ1) is 61.7. The van der Waals surface area contributed by atoms with Crippen LogP contribution in [-0.4, -0.2) is 171 Å². The van der Waals surface area contributed by atoms with Crippen molar-refractivity contribution >= 4 is 110 Å². The molecule has 3 aliphatic rings. The van der Waals surface area contributed by atoms with E-state index in [0.717, 1.165) is 28.2 Å². The van der Waals surface area contributed by atoms with Crippen LogP contribution >= 0.6 is 46.9 Å². The minimum Gasteiger partial charge on any atom is -0.390 e. The number of phosphoric acid groups is 6. The highest BCUT2D eigenvalue weighted by atomic mass is 31.3. The van der Waals surface area contributed by atoms with E-state index < -0.39 is 140 Å². The standard InChI is InChI=1S/C29H38N22O26P6/c30-21-16-24(38-6-35-21)49(28(41-16)44-46-33)14-1-9(52)11(70-14)3-67-79(57,58)76-83(65,66)77-81(61,62)73-20-13(72-27(19(20)54)50-25-17(22(31)36-7-39-25)42-29(50)45-47-34)5-69-80(59,60)75-82(63,64)74-78(55,56)68-4-12-10(53)2-15(71-12)51-26-18(43-48-51)23(32)37-8-40-26/h6-15,19-20,27,52-54H,1-5H2,(H,55,56)(H,57,58)(H,59,60)(H,61,62)(H,63,64)(H,65,66)(H2,30,35,38)(H2,31,36,39)(H2,32,37,40)/t9-,10-,11+,12+,13+,14+,15+,19+,20+,27+/m0/s1. The number of rotatable bonds is 24. The molecule has 0 spiro atoms. The largest absolute Gasteiger partial charge is 0.490 e. The molecule has 0 radical (unpaired) electrons. The van der Waals surface area contributed by atoms with Gasteiger partial charge in [0.2, 0.25) is 11.9 Å². The van der Waals surface area contributed by atoms with Gasteiger partial charge in [-0.2, -0.15) is 21.9 Å². The number of hydrogen-bond acceptors (Lipinski definition) is 35. The summed E-state index contributed by atoms with van der Waals surface area (Å²) in [4.78, 5) is 99.0. The van der Waals surface area contributed by atoms with Gasteiger partial charge >= 0.3 is 46.9 Å². The minimum absolute atomic E-state index is 0.0390. The molecule has 3 saturated heterocycles. The molecule has 54 heteroatoms. The van der Waals surface area contributed by atoms with Gasteiger partial charge in [0.1, 0.15) is 55.7 Å². The van der Waals surface area contributed by atoms with Crippen LogP contribution in [0.25, 0.3) is 54.4 Å². The van der Waals surface area contributed by atoms with Crippen molar-refractivity contribution < 1.29 is 122 Å². The van der Waals surface area contributed by atoms with E-state index in [1.54, 1.807) is 0 Å². The molecule has 48 nitrogen and oxygen atoms in total. The summed E-state index contributed by atoms with van der Waals surface area (Å²) in [6.45, 7) is -3.83. The van der Waals surface area contributed by atoms with Crippen molar-refractivity contribution in [2.45, 2.75) is 74.3 Å². The number of ether oxygens (including phenoxy) is 3. The molecule has 0 aliphatic carbocycles. The van der Waals surface area contributed by atoms with Gasteiger partial charge in [0.25, 0.3) is 0 Å². The number of nitrogen functional groups attached to an aromatic ring is 3. The fourth-order valence-corrected chi connectivity index (χ4v) is 15.3. The smallest absolute Gasteiger partial charge is 0.390 e. The predicted molar refractivity (Wildman–Crippen MR) is 260 cm³/mol. The Labute approximate surface area is 455 Å². The van der Waals surface area contributed by atoms with Crippen molar-refractivity contribution in [2.24, 2.45) is 10.2 Å². The fourth-order valence-electron chi connectivity index (χ4n) is 8.06. The first-order valence-corrected chi connectivity index (χ1v) is 31.2. The summed E-state index contributed by atoms with van der Waals surface area (Å²) in [5.74, 6) is -1.66. The number of hydrogen-bond donors (Lipinski definition) is 12. The Morgan fingerprint density at radius 1 is 0.566 bits per heavy atom. The van der Waals surface area contributed by atoms with Crippen LogP contribution < -0.4 is 17.2 Å². The Bertz CT molecular complexity index is 3880. The lowest BCUT2D eigenvalue weighted by molar-refractivity contribution is -0.0495. The Hall–Kier alpha value is -5.82. The Kier molecular flexibility index (Phi) is 17.5. The van der Waals surface area contributed by atoms with E-state index in [4.69, 9.17) is 46.0 Å². The molecule has 83 heavy (non-hydrogen) atoms. The average Bonchev–Trinajstić information content (AvgIpc) is 2.14. The number of phosphoric ester groups is 4. The van der Waals surface area contributed by atoms with Crippen molar-refractivity contribution in [1.82, 2.24) is 64.0 Å². The van der Waals surface area contributed by atoms with Crippen molar-refractivity contribution in [3.05, 3.63) is 39.9 Å². The van der Waals surface area contributed by atoms with Crippen molar-refractivity contribution in [3.63, 3.8) is 0 Å². The molecule has 0 aromatic carbocycles. The van der Waals surface area contributed by atoms with Crippen LogP contribution in [0.15, 0.2) is 29.2 Å². The van der Waals surface area contributed by atoms with Crippen LogP contribution in [0.5, 0.6) is 0 Å². The lowest BCUT2D eigenvalue weighted by atomic mass is 10.1. The second kappa shape index (κ2) is 23.6. The third kappa shape index (κ3) is 13.8. The molecule has 0 saturated carbocycles. The Morgan fingerprint density at radius 2 is 0.988 bits per heavy atom. The summed E-state index contributed by atoms with van der Waals surface area (Å²) < 4.78 is 133. The zero-order valence-corrected chi connectivity index (χ0v) is 45.8. The maximum atomic E-state index is 13.5. The van der Waals surface area contributed by atoms with E-state index >= 15 is 0 Å². The molecule has 0 amide bonds. The van der Waals surface area contributed by atoms with Crippen molar-refractivity contribution in [3.8, 4) is 0 Å². The first-order chi connectivity index (χ1) is 38.9. The highest BCUT2D eigenvalue weighted by Crippen LogP contribution is 2.70. The molecule has 15 N–H and O–H groups in total. The molecule has 3 fully saturated rings. The summed E-state index contributed by atoms with van der Waals surface area (Å²) >= 11 is 0. The topological polar surface area (TPSA) is 705 Å². The predicted octanol–water partition coefficient (Wildman–Crippen LogP) is 0.190. The highest BCUT2D eigenvalue weighted by Gasteiger charge is 2.54. The number of anilines is 3. The molecule has 3 aliphatic heterocycles. The van der Waals surface area contributed by atoms with Crippen LogP contribution in [0, 0.1) is 0 Å². The molecule has 6 unspecified atom stereocenters. The average molecular weight is 1300 g/mol. The van der Waals surface area contributed by atoms with Crippen LogP contribution in [0.4, 0.5) is 29.4 Å². The third-order valence-electron chi connectivity index (χ3n) is 11.4.